The van der Waals surface area contributed by atoms with Crippen molar-refractivity contribution in [1.29, 1.82) is 0 Å². The highest BCUT2D eigenvalue weighted by atomic mass is 16.5. The van der Waals surface area contributed by atoms with E-state index in [1.807, 2.05) is 29.9 Å². The Labute approximate surface area is 167 Å². The Morgan fingerprint density at radius 1 is 1.10 bits per heavy atom. The van der Waals surface area contributed by atoms with Crippen LogP contribution < -0.4 is 14.2 Å². The van der Waals surface area contributed by atoms with Crippen molar-refractivity contribution in [1.82, 2.24) is 4.57 Å². The van der Waals surface area contributed by atoms with Gasteiger partial charge in [0.05, 0.1) is 12.7 Å². The van der Waals surface area contributed by atoms with Gasteiger partial charge in [-0.25, -0.2) is 0 Å². The Morgan fingerprint density at radius 3 is 2.55 bits per heavy atom. The molecule has 0 atom stereocenters. The van der Waals surface area contributed by atoms with Gasteiger partial charge in [0.2, 0.25) is 5.78 Å². The van der Waals surface area contributed by atoms with Crippen LogP contribution in [0.15, 0.2) is 66.6 Å². The first kappa shape index (κ1) is 18.6. The van der Waals surface area contributed by atoms with Gasteiger partial charge in [0.1, 0.15) is 17.2 Å². The fourth-order valence-corrected chi connectivity index (χ4v) is 3.02. The molecule has 0 spiro atoms. The summed E-state index contributed by atoms with van der Waals surface area (Å²) in [5, 5.41) is 0. The minimum atomic E-state index is -0.179. The van der Waals surface area contributed by atoms with Crippen LogP contribution in [0.25, 0.3) is 6.08 Å². The summed E-state index contributed by atoms with van der Waals surface area (Å²) >= 11 is 0. The van der Waals surface area contributed by atoms with E-state index in [0.717, 1.165) is 5.69 Å². The van der Waals surface area contributed by atoms with E-state index < -0.39 is 0 Å². The summed E-state index contributed by atoms with van der Waals surface area (Å²) in [5.74, 6) is 1.48. The van der Waals surface area contributed by atoms with Gasteiger partial charge in [-0.2, -0.15) is 0 Å². The maximum absolute atomic E-state index is 12.5. The lowest BCUT2D eigenvalue weighted by molar-refractivity contribution is 0.0921. The van der Waals surface area contributed by atoms with Gasteiger partial charge in [-0.15, -0.1) is 0 Å². The molecule has 1 aromatic heterocycles. The lowest BCUT2D eigenvalue weighted by Gasteiger charge is -2.07. The molecule has 29 heavy (non-hydrogen) atoms. The van der Waals surface area contributed by atoms with Crippen molar-refractivity contribution in [2.45, 2.75) is 0 Å². The topological polar surface area (TPSA) is 66.8 Å². The maximum Gasteiger partial charge on any atom is 0.232 e. The van der Waals surface area contributed by atoms with E-state index in [1.54, 1.807) is 55.7 Å². The second kappa shape index (κ2) is 7.67. The smallest absolute Gasteiger partial charge is 0.232 e. The number of allylic oxidation sites excluding steroid dienone is 1. The van der Waals surface area contributed by atoms with Gasteiger partial charge in [-0.1, -0.05) is 0 Å². The van der Waals surface area contributed by atoms with Crippen LogP contribution in [0.5, 0.6) is 17.2 Å². The fraction of sp³-hybridized carbons (Fsp3) is 0.130. The fourth-order valence-electron chi connectivity index (χ4n) is 3.02. The molecule has 2 aromatic carbocycles. The van der Waals surface area contributed by atoms with Crippen molar-refractivity contribution < 1.29 is 23.8 Å². The van der Waals surface area contributed by atoms with Crippen LogP contribution in [0.1, 0.15) is 26.4 Å². The minimum Gasteiger partial charge on any atom is -0.497 e. The van der Waals surface area contributed by atoms with Crippen LogP contribution in [0.3, 0.4) is 0 Å². The number of ether oxygens (including phenoxy) is 3. The monoisotopic (exact) mass is 389 g/mol. The molecule has 1 aliphatic heterocycles. The van der Waals surface area contributed by atoms with E-state index in [4.69, 9.17) is 14.2 Å². The van der Waals surface area contributed by atoms with E-state index in [-0.39, 0.29) is 23.9 Å². The normalized spacial score (nSPS) is 13.9. The van der Waals surface area contributed by atoms with Gasteiger partial charge in [0, 0.05) is 36.6 Å². The molecule has 2 heterocycles. The highest BCUT2D eigenvalue weighted by Crippen LogP contribution is 2.35. The van der Waals surface area contributed by atoms with Crippen LogP contribution in [0.2, 0.25) is 0 Å². The molecule has 146 valence electrons. The summed E-state index contributed by atoms with van der Waals surface area (Å²) in [6.07, 6.45) is 3.60. The third-order valence-corrected chi connectivity index (χ3v) is 4.69. The number of nitrogens with zero attached hydrogens (tertiary/aromatic N) is 1. The summed E-state index contributed by atoms with van der Waals surface area (Å²) in [5.41, 5.74) is 1.87. The number of rotatable bonds is 6. The number of methoxy groups -OCH3 is 1. The van der Waals surface area contributed by atoms with E-state index >= 15 is 0 Å². The second-order valence-corrected chi connectivity index (χ2v) is 6.58. The molecule has 0 amide bonds. The SMILES string of the molecule is COc1ccc(C(=O)COc2ccc3c(c2)OC(=Cc2cccn2C)C3=O)cc1. The van der Waals surface area contributed by atoms with Crippen molar-refractivity contribution in [2.75, 3.05) is 13.7 Å². The van der Waals surface area contributed by atoms with E-state index in [1.165, 1.54) is 0 Å². The molecule has 0 saturated carbocycles. The number of carbonyl (C=O) groups excluding carboxylic acids is 2. The average molecular weight is 389 g/mol. The van der Waals surface area contributed by atoms with E-state index in [2.05, 4.69) is 0 Å². The number of fused-ring (bicyclic) bond motifs is 1. The standard InChI is InChI=1S/C23H19NO5/c1-24-11-3-4-16(24)12-22-23(26)19-10-9-18(13-21(19)29-22)28-14-20(25)15-5-7-17(27-2)8-6-15/h3-13H,14H2,1-2H3. The van der Waals surface area contributed by atoms with Crippen LogP contribution in [-0.2, 0) is 7.05 Å². The molecular weight excluding hydrogens is 370 g/mol. The summed E-state index contributed by atoms with van der Waals surface area (Å²) in [6.45, 7) is -0.120. The highest BCUT2D eigenvalue weighted by molar-refractivity contribution is 6.14. The Morgan fingerprint density at radius 2 is 1.86 bits per heavy atom. The van der Waals surface area contributed by atoms with Crippen LogP contribution in [0.4, 0.5) is 0 Å². The van der Waals surface area contributed by atoms with Crippen molar-refractivity contribution in [3.05, 3.63) is 83.4 Å². The van der Waals surface area contributed by atoms with Crippen LogP contribution in [-0.4, -0.2) is 29.9 Å². The number of carbonyl (C=O) groups is 2. The largest absolute Gasteiger partial charge is 0.497 e. The Bertz CT molecular complexity index is 1110. The third kappa shape index (κ3) is 3.78. The molecule has 6 nitrogen and oxygen atoms in total. The zero-order chi connectivity index (χ0) is 20.4. The summed E-state index contributed by atoms with van der Waals surface area (Å²) in [4.78, 5) is 24.8. The Kier molecular flexibility index (Phi) is 4.91. The number of hydrogen-bond donors (Lipinski definition) is 0. The molecule has 0 unspecified atom stereocenters. The van der Waals surface area contributed by atoms with Crippen LogP contribution in [0, 0.1) is 0 Å². The number of aromatic nitrogens is 1. The molecule has 0 radical (unpaired) electrons. The van der Waals surface area contributed by atoms with Crippen molar-refractivity contribution in [3.8, 4) is 17.2 Å². The lowest BCUT2D eigenvalue weighted by Crippen LogP contribution is -2.11. The van der Waals surface area contributed by atoms with E-state index in [9.17, 15) is 9.59 Å². The number of hydrogen-bond acceptors (Lipinski definition) is 5. The van der Waals surface area contributed by atoms with Gasteiger partial charge in [0.15, 0.2) is 18.1 Å². The zero-order valence-electron chi connectivity index (χ0n) is 16.0. The van der Waals surface area contributed by atoms with Crippen LogP contribution >= 0.6 is 0 Å². The van der Waals surface area contributed by atoms with Gasteiger partial charge >= 0.3 is 0 Å². The number of benzene rings is 2. The van der Waals surface area contributed by atoms with Crippen molar-refractivity contribution >= 4 is 17.6 Å². The summed E-state index contributed by atoms with van der Waals surface area (Å²) in [7, 11) is 3.46. The van der Waals surface area contributed by atoms with Gasteiger partial charge in [0.25, 0.3) is 0 Å². The van der Waals surface area contributed by atoms with Gasteiger partial charge in [-0.3, -0.25) is 9.59 Å². The molecule has 0 aliphatic carbocycles. The molecule has 0 N–H and O–H groups in total. The minimum absolute atomic E-state index is 0.120. The van der Waals surface area contributed by atoms with Gasteiger partial charge in [-0.05, 0) is 48.5 Å². The van der Waals surface area contributed by atoms with E-state index in [0.29, 0.717) is 28.4 Å². The molecule has 6 heteroatoms. The maximum atomic E-state index is 12.5. The van der Waals surface area contributed by atoms with Crippen molar-refractivity contribution in [2.24, 2.45) is 7.05 Å². The molecule has 1 aliphatic rings. The molecule has 0 saturated heterocycles. The summed E-state index contributed by atoms with van der Waals surface area (Å²) in [6, 6.07) is 15.6. The first-order valence-corrected chi connectivity index (χ1v) is 9.05. The second-order valence-electron chi connectivity index (χ2n) is 6.58. The first-order valence-electron chi connectivity index (χ1n) is 9.05. The first-order chi connectivity index (χ1) is 14.0. The molecule has 0 fully saturated rings. The molecular formula is C23H19NO5. The Hall–Kier alpha value is -3.80. The van der Waals surface area contributed by atoms with Crippen molar-refractivity contribution in [3.63, 3.8) is 0 Å². The predicted octanol–water partition coefficient (Wildman–Crippen LogP) is 3.91. The highest BCUT2D eigenvalue weighted by Gasteiger charge is 2.28. The average Bonchev–Trinajstić information content (AvgIpc) is 3.29. The predicted molar refractivity (Wildman–Crippen MR) is 108 cm³/mol. The Balaban J connectivity index is 1.45. The lowest BCUT2D eigenvalue weighted by atomic mass is 10.1. The molecule has 3 aromatic rings. The van der Waals surface area contributed by atoms with Gasteiger partial charge < -0.3 is 18.8 Å². The third-order valence-electron chi connectivity index (χ3n) is 4.69. The zero-order valence-corrected chi connectivity index (χ0v) is 16.0. The number of ketones is 2. The number of Topliss-reactive ketones (excluding diaryl/α,β-unsaturated/α-hetero) is 2. The quantitative estimate of drug-likeness (QED) is 0.472. The number of aryl methyl sites for hydroxylation is 1. The summed E-state index contributed by atoms with van der Waals surface area (Å²) < 4.78 is 18.3. The molecule has 4 rings (SSSR count). The molecule has 0 bridgehead atoms.